The van der Waals surface area contributed by atoms with Crippen LogP contribution in [0.3, 0.4) is 0 Å². The van der Waals surface area contributed by atoms with Crippen molar-refractivity contribution in [1.82, 2.24) is 10.3 Å². The summed E-state index contributed by atoms with van der Waals surface area (Å²) in [5.74, 6) is 0.593. The molecule has 1 aromatic carbocycles. The first-order valence-electron chi connectivity index (χ1n) is 7.21. The fourth-order valence-corrected chi connectivity index (χ4v) is 3.51. The van der Waals surface area contributed by atoms with E-state index in [-0.39, 0.29) is 0 Å². The van der Waals surface area contributed by atoms with E-state index in [1.54, 1.807) is 11.3 Å². The average molecular weight is 288 g/mol. The molecule has 0 saturated heterocycles. The Morgan fingerprint density at radius 2 is 1.80 bits per heavy atom. The van der Waals surface area contributed by atoms with E-state index in [0.29, 0.717) is 12.0 Å². The van der Waals surface area contributed by atoms with Gasteiger partial charge in [0.15, 0.2) is 0 Å². The SMILES string of the molecule is CNC(Cc1ccc(C(C)C)cc1)c1sc(C)nc1C. The van der Waals surface area contributed by atoms with E-state index < -0.39 is 0 Å². The topological polar surface area (TPSA) is 24.9 Å². The zero-order valence-corrected chi connectivity index (χ0v) is 13.8. The van der Waals surface area contributed by atoms with E-state index in [0.717, 1.165) is 17.1 Å². The van der Waals surface area contributed by atoms with Gasteiger partial charge in [0, 0.05) is 10.9 Å². The second kappa shape index (κ2) is 6.51. The van der Waals surface area contributed by atoms with Crippen LogP contribution in [0.25, 0.3) is 0 Å². The van der Waals surface area contributed by atoms with Gasteiger partial charge in [-0.2, -0.15) is 0 Å². The van der Waals surface area contributed by atoms with Crippen molar-refractivity contribution in [3.8, 4) is 0 Å². The van der Waals surface area contributed by atoms with Crippen molar-refractivity contribution in [2.24, 2.45) is 0 Å². The number of likely N-dealkylation sites (N-methyl/N-ethyl adjacent to an activating group) is 1. The minimum Gasteiger partial charge on any atom is -0.312 e. The quantitative estimate of drug-likeness (QED) is 0.883. The maximum atomic E-state index is 4.54. The Bertz CT molecular complexity index is 555. The molecular formula is C17H24N2S. The Morgan fingerprint density at radius 1 is 1.15 bits per heavy atom. The molecule has 0 aliphatic carbocycles. The number of nitrogens with one attached hydrogen (secondary N) is 1. The smallest absolute Gasteiger partial charge is 0.0900 e. The summed E-state index contributed by atoms with van der Waals surface area (Å²) in [7, 11) is 2.03. The van der Waals surface area contributed by atoms with Gasteiger partial charge in [-0.15, -0.1) is 11.3 Å². The van der Waals surface area contributed by atoms with Gasteiger partial charge in [0.25, 0.3) is 0 Å². The number of thiazole rings is 1. The molecule has 2 rings (SSSR count). The van der Waals surface area contributed by atoms with Crippen LogP contribution in [-0.2, 0) is 6.42 Å². The lowest BCUT2D eigenvalue weighted by molar-refractivity contribution is 0.597. The fourth-order valence-electron chi connectivity index (χ4n) is 2.47. The fraction of sp³-hybridized carbons (Fsp3) is 0.471. The molecule has 20 heavy (non-hydrogen) atoms. The van der Waals surface area contributed by atoms with Gasteiger partial charge in [-0.25, -0.2) is 4.98 Å². The lowest BCUT2D eigenvalue weighted by Crippen LogP contribution is -2.18. The lowest BCUT2D eigenvalue weighted by Gasteiger charge is -2.16. The van der Waals surface area contributed by atoms with Gasteiger partial charge in [-0.3, -0.25) is 0 Å². The zero-order valence-electron chi connectivity index (χ0n) is 13.0. The maximum Gasteiger partial charge on any atom is 0.0900 e. The van der Waals surface area contributed by atoms with Crippen molar-refractivity contribution in [1.29, 1.82) is 0 Å². The highest BCUT2D eigenvalue weighted by Crippen LogP contribution is 2.27. The molecule has 1 aromatic heterocycles. The third-order valence-corrected chi connectivity index (χ3v) is 4.88. The van der Waals surface area contributed by atoms with Crippen LogP contribution in [-0.4, -0.2) is 12.0 Å². The normalized spacial score (nSPS) is 12.9. The Labute approximate surface area is 126 Å². The Balaban J connectivity index is 2.16. The first-order valence-corrected chi connectivity index (χ1v) is 8.03. The first-order chi connectivity index (χ1) is 9.51. The van der Waals surface area contributed by atoms with E-state index in [1.807, 2.05) is 7.05 Å². The van der Waals surface area contributed by atoms with Crippen molar-refractivity contribution >= 4 is 11.3 Å². The lowest BCUT2D eigenvalue weighted by atomic mass is 9.98. The van der Waals surface area contributed by atoms with Gasteiger partial charge in [0.1, 0.15) is 0 Å². The van der Waals surface area contributed by atoms with E-state index in [9.17, 15) is 0 Å². The van der Waals surface area contributed by atoms with Crippen molar-refractivity contribution in [3.63, 3.8) is 0 Å². The Hall–Kier alpha value is -1.19. The Morgan fingerprint density at radius 3 is 2.25 bits per heavy atom. The van der Waals surface area contributed by atoms with E-state index >= 15 is 0 Å². The van der Waals surface area contributed by atoms with E-state index in [4.69, 9.17) is 0 Å². The second-order valence-electron chi connectivity index (χ2n) is 5.62. The summed E-state index contributed by atoms with van der Waals surface area (Å²) in [5, 5.41) is 4.57. The minimum atomic E-state index is 0.353. The minimum absolute atomic E-state index is 0.353. The molecule has 0 aliphatic rings. The second-order valence-corrected chi connectivity index (χ2v) is 6.86. The van der Waals surface area contributed by atoms with Gasteiger partial charge < -0.3 is 5.32 Å². The highest BCUT2D eigenvalue weighted by Gasteiger charge is 2.16. The van der Waals surface area contributed by atoms with Gasteiger partial charge in [0.05, 0.1) is 10.7 Å². The van der Waals surface area contributed by atoms with Crippen molar-refractivity contribution in [2.75, 3.05) is 7.05 Å². The standard InChI is InChI=1S/C17H24N2S/c1-11(2)15-8-6-14(7-9-15)10-16(18-5)17-12(3)19-13(4)20-17/h6-9,11,16,18H,10H2,1-5H3. The summed E-state index contributed by atoms with van der Waals surface area (Å²) < 4.78 is 0. The van der Waals surface area contributed by atoms with Crippen LogP contribution in [0.5, 0.6) is 0 Å². The van der Waals surface area contributed by atoms with Crippen molar-refractivity contribution in [2.45, 2.75) is 46.1 Å². The summed E-state index contributed by atoms with van der Waals surface area (Å²) in [4.78, 5) is 5.90. The maximum absolute atomic E-state index is 4.54. The Kier molecular flexibility index (Phi) is 4.95. The monoisotopic (exact) mass is 288 g/mol. The molecule has 2 aromatic rings. The molecular weight excluding hydrogens is 264 g/mol. The molecule has 1 unspecified atom stereocenters. The van der Waals surface area contributed by atoms with Gasteiger partial charge in [-0.05, 0) is 44.4 Å². The average Bonchev–Trinajstić information content (AvgIpc) is 2.75. The number of aryl methyl sites for hydroxylation is 2. The van der Waals surface area contributed by atoms with E-state index in [1.165, 1.54) is 16.0 Å². The van der Waals surface area contributed by atoms with Crippen molar-refractivity contribution in [3.05, 3.63) is 51.0 Å². The number of nitrogens with zero attached hydrogens (tertiary/aromatic N) is 1. The number of rotatable bonds is 5. The van der Waals surface area contributed by atoms with Crippen LogP contribution < -0.4 is 5.32 Å². The van der Waals surface area contributed by atoms with Crippen LogP contribution in [0.2, 0.25) is 0 Å². The third-order valence-electron chi connectivity index (χ3n) is 3.69. The first kappa shape index (κ1) is 15.2. The molecule has 2 nitrogen and oxygen atoms in total. The van der Waals surface area contributed by atoms with Gasteiger partial charge >= 0.3 is 0 Å². The highest BCUT2D eigenvalue weighted by molar-refractivity contribution is 7.11. The summed E-state index contributed by atoms with van der Waals surface area (Å²) in [5.41, 5.74) is 3.93. The summed E-state index contributed by atoms with van der Waals surface area (Å²) >= 11 is 1.80. The van der Waals surface area contributed by atoms with Gasteiger partial charge in [0.2, 0.25) is 0 Å². The molecule has 3 heteroatoms. The molecule has 0 aliphatic heterocycles. The van der Waals surface area contributed by atoms with Crippen LogP contribution >= 0.6 is 11.3 Å². The van der Waals surface area contributed by atoms with Crippen molar-refractivity contribution < 1.29 is 0 Å². The highest BCUT2D eigenvalue weighted by atomic mass is 32.1. The van der Waals surface area contributed by atoms with E-state index in [2.05, 4.69) is 62.3 Å². The van der Waals surface area contributed by atoms with Gasteiger partial charge in [-0.1, -0.05) is 38.1 Å². The molecule has 1 atom stereocenters. The molecule has 0 fully saturated rings. The summed E-state index contributed by atoms with van der Waals surface area (Å²) in [6.45, 7) is 8.64. The largest absolute Gasteiger partial charge is 0.312 e. The number of hydrogen-bond acceptors (Lipinski definition) is 3. The third kappa shape index (κ3) is 3.47. The predicted octanol–water partition coefficient (Wildman–Crippen LogP) is 4.39. The molecule has 108 valence electrons. The number of hydrogen-bond donors (Lipinski definition) is 1. The molecule has 0 saturated carbocycles. The van der Waals surface area contributed by atoms with Crippen LogP contribution in [0, 0.1) is 13.8 Å². The zero-order chi connectivity index (χ0) is 14.7. The number of aromatic nitrogens is 1. The summed E-state index contributed by atoms with van der Waals surface area (Å²) in [6, 6.07) is 9.35. The molecule has 0 radical (unpaired) electrons. The van der Waals surface area contributed by atoms with Crippen LogP contribution in [0.15, 0.2) is 24.3 Å². The van der Waals surface area contributed by atoms with Crippen LogP contribution in [0.1, 0.15) is 52.5 Å². The molecule has 1 N–H and O–H groups in total. The summed E-state index contributed by atoms with van der Waals surface area (Å²) in [6.07, 6.45) is 1.01. The predicted molar refractivity (Wildman–Crippen MR) is 87.6 cm³/mol. The van der Waals surface area contributed by atoms with Crippen LogP contribution in [0.4, 0.5) is 0 Å². The number of benzene rings is 1. The molecule has 0 bridgehead atoms. The molecule has 1 heterocycles. The molecule has 0 amide bonds. The molecule has 0 spiro atoms.